The lowest BCUT2D eigenvalue weighted by atomic mass is 10.1. The number of nitrogens with one attached hydrogen (secondary N) is 2. The normalized spacial score (nSPS) is 15.4. The lowest BCUT2D eigenvalue weighted by molar-refractivity contribution is 0.463. The minimum atomic E-state index is 0. The van der Waals surface area contributed by atoms with E-state index in [0.717, 1.165) is 44.2 Å². The van der Waals surface area contributed by atoms with E-state index < -0.39 is 0 Å². The Bertz CT molecular complexity index is 641. The number of aliphatic imine (C=N–C) groups is 1. The molecular formula is C19H27IN4S2. The quantitative estimate of drug-likeness (QED) is 0.203. The summed E-state index contributed by atoms with van der Waals surface area (Å²) in [4.78, 5) is 8.16. The number of hydrogen-bond donors (Lipinski definition) is 2. The van der Waals surface area contributed by atoms with E-state index in [2.05, 4.69) is 68.4 Å². The molecule has 7 heteroatoms. The summed E-state index contributed by atoms with van der Waals surface area (Å²) in [7, 11) is 1.85. The molecule has 0 atom stereocenters. The van der Waals surface area contributed by atoms with Gasteiger partial charge in [0.05, 0.1) is 5.00 Å². The molecule has 3 rings (SSSR count). The fourth-order valence-corrected chi connectivity index (χ4v) is 4.51. The Kier molecular flexibility index (Phi) is 9.63. The Morgan fingerprint density at radius 1 is 1.19 bits per heavy atom. The summed E-state index contributed by atoms with van der Waals surface area (Å²) in [5.74, 6) is 1.95. The predicted octanol–water partition coefficient (Wildman–Crippen LogP) is 4.29. The number of hydrogen-bond acceptors (Lipinski definition) is 4. The molecule has 2 aromatic rings. The molecule has 0 bridgehead atoms. The van der Waals surface area contributed by atoms with Crippen LogP contribution in [-0.2, 0) is 0 Å². The van der Waals surface area contributed by atoms with Crippen molar-refractivity contribution in [1.82, 2.24) is 10.6 Å². The van der Waals surface area contributed by atoms with E-state index in [0.29, 0.717) is 6.04 Å². The zero-order chi connectivity index (χ0) is 17.3. The van der Waals surface area contributed by atoms with Gasteiger partial charge in [-0.2, -0.15) is 0 Å². The van der Waals surface area contributed by atoms with E-state index in [1.165, 1.54) is 9.90 Å². The smallest absolute Gasteiger partial charge is 0.191 e. The highest BCUT2D eigenvalue weighted by Crippen LogP contribution is 2.24. The molecule has 4 nitrogen and oxygen atoms in total. The molecule has 0 aliphatic carbocycles. The van der Waals surface area contributed by atoms with Gasteiger partial charge in [0.25, 0.3) is 0 Å². The summed E-state index contributed by atoms with van der Waals surface area (Å²) in [5, 5.41) is 10.5. The Morgan fingerprint density at radius 3 is 2.62 bits per heavy atom. The van der Waals surface area contributed by atoms with Crippen LogP contribution in [0.25, 0.3) is 0 Å². The van der Waals surface area contributed by atoms with Crippen LogP contribution >= 0.6 is 47.1 Å². The molecule has 1 aromatic carbocycles. The van der Waals surface area contributed by atoms with Crippen molar-refractivity contribution in [1.29, 1.82) is 0 Å². The van der Waals surface area contributed by atoms with E-state index in [9.17, 15) is 0 Å². The first kappa shape index (κ1) is 21.4. The van der Waals surface area contributed by atoms with E-state index >= 15 is 0 Å². The van der Waals surface area contributed by atoms with Crippen LogP contribution in [0.1, 0.15) is 12.8 Å². The molecular weight excluding hydrogens is 475 g/mol. The molecule has 1 aromatic heterocycles. The largest absolute Gasteiger partial charge is 0.363 e. The van der Waals surface area contributed by atoms with Crippen LogP contribution in [0.15, 0.2) is 57.7 Å². The number of benzene rings is 1. The standard InChI is InChI=1S/C19H26N4S2.HI/c1-20-19(21-11-15-24-17-6-3-2-4-7-17)22-16-9-12-23(13-10-16)18-8-5-14-25-18;/h2-8,14,16H,9-13,15H2,1H3,(H2,20,21,22);1H. The summed E-state index contributed by atoms with van der Waals surface area (Å²) in [6, 6.07) is 15.4. The third-order valence-corrected chi connectivity index (χ3v) is 6.23. The molecule has 1 aliphatic rings. The van der Waals surface area contributed by atoms with Crippen molar-refractivity contribution in [3.05, 3.63) is 47.8 Å². The molecule has 1 fully saturated rings. The van der Waals surface area contributed by atoms with Gasteiger partial charge < -0.3 is 15.5 Å². The van der Waals surface area contributed by atoms with Crippen LogP contribution < -0.4 is 15.5 Å². The van der Waals surface area contributed by atoms with Crippen LogP contribution in [0, 0.1) is 0 Å². The average Bonchev–Trinajstić information content (AvgIpc) is 3.20. The van der Waals surface area contributed by atoms with Crippen molar-refractivity contribution in [2.75, 3.05) is 37.3 Å². The highest BCUT2D eigenvalue weighted by atomic mass is 127. The number of nitrogens with zero attached hydrogens (tertiary/aromatic N) is 2. The SMILES string of the molecule is CN=C(NCCSc1ccccc1)NC1CCN(c2cccs2)CC1.I. The van der Waals surface area contributed by atoms with Crippen molar-refractivity contribution in [3.63, 3.8) is 0 Å². The fourth-order valence-electron chi connectivity index (χ4n) is 2.94. The molecule has 1 aliphatic heterocycles. The maximum Gasteiger partial charge on any atom is 0.191 e. The van der Waals surface area contributed by atoms with Gasteiger partial charge in [-0.25, -0.2) is 0 Å². The second kappa shape index (κ2) is 11.7. The Labute approximate surface area is 181 Å². The van der Waals surface area contributed by atoms with E-state index in [1.807, 2.05) is 30.1 Å². The number of guanidine groups is 1. The van der Waals surface area contributed by atoms with Gasteiger partial charge in [0.15, 0.2) is 5.96 Å². The van der Waals surface area contributed by atoms with E-state index in [-0.39, 0.29) is 24.0 Å². The summed E-state index contributed by atoms with van der Waals surface area (Å²) in [6.07, 6.45) is 2.30. The molecule has 0 saturated carbocycles. The van der Waals surface area contributed by atoms with Gasteiger partial charge in [0, 0.05) is 43.4 Å². The second-order valence-electron chi connectivity index (χ2n) is 6.02. The second-order valence-corrected chi connectivity index (χ2v) is 8.11. The molecule has 0 unspecified atom stereocenters. The van der Waals surface area contributed by atoms with Crippen LogP contribution in [0.3, 0.4) is 0 Å². The minimum Gasteiger partial charge on any atom is -0.363 e. The highest BCUT2D eigenvalue weighted by Gasteiger charge is 2.20. The van der Waals surface area contributed by atoms with Crippen molar-refractivity contribution in [2.45, 2.75) is 23.8 Å². The van der Waals surface area contributed by atoms with Crippen molar-refractivity contribution in [2.24, 2.45) is 4.99 Å². The third-order valence-electron chi connectivity index (χ3n) is 4.28. The number of piperidine rings is 1. The fraction of sp³-hybridized carbons (Fsp3) is 0.421. The van der Waals surface area contributed by atoms with Gasteiger partial charge in [0.1, 0.15) is 0 Å². The molecule has 142 valence electrons. The highest BCUT2D eigenvalue weighted by molar-refractivity contribution is 14.0. The molecule has 0 spiro atoms. The van der Waals surface area contributed by atoms with Gasteiger partial charge in [-0.1, -0.05) is 18.2 Å². The number of thiophene rings is 1. The Hall–Kier alpha value is -0.930. The van der Waals surface area contributed by atoms with Crippen LogP contribution in [0.5, 0.6) is 0 Å². The third kappa shape index (κ3) is 6.66. The molecule has 0 amide bonds. The predicted molar refractivity (Wildman–Crippen MR) is 127 cm³/mol. The van der Waals surface area contributed by atoms with Gasteiger partial charge in [-0.05, 0) is 42.5 Å². The van der Waals surface area contributed by atoms with Crippen LogP contribution in [-0.4, -0.2) is 44.4 Å². The summed E-state index contributed by atoms with van der Waals surface area (Å²) >= 11 is 3.69. The lowest BCUT2D eigenvalue weighted by Crippen LogP contribution is -2.49. The van der Waals surface area contributed by atoms with Gasteiger partial charge in [-0.3, -0.25) is 4.99 Å². The number of anilines is 1. The summed E-state index contributed by atoms with van der Waals surface area (Å²) in [6.45, 7) is 3.13. The molecule has 26 heavy (non-hydrogen) atoms. The minimum absolute atomic E-state index is 0. The summed E-state index contributed by atoms with van der Waals surface area (Å²) in [5.41, 5.74) is 0. The number of thioether (sulfide) groups is 1. The van der Waals surface area contributed by atoms with Gasteiger partial charge >= 0.3 is 0 Å². The van der Waals surface area contributed by atoms with Crippen LogP contribution in [0.4, 0.5) is 5.00 Å². The molecule has 1 saturated heterocycles. The van der Waals surface area contributed by atoms with Crippen molar-refractivity contribution in [3.8, 4) is 0 Å². The number of halogens is 1. The molecule has 0 radical (unpaired) electrons. The zero-order valence-corrected chi connectivity index (χ0v) is 19.0. The number of rotatable bonds is 6. The first-order valence-corrected chi connectivity index (χ1v) is 10.6. The van der Waals surface area contributed by atoms with E-state index in [1.54, 1.807) is 0 Å². The topological polar surface area (TPSA) is 39.7 Å². The maximum absolute atomic E-state index is 4.37. The van der Waals surface area contributed by atoms with E-state index in [4.69, 9.17) is 0 Å². The van der Waals surface area contributed by atoms with Gasteiger partial charge in [-0.15, -0.1) is 47.1 Å². The zero-order valence-electron chi connectivity index (χ0n) is 15.1. The monoisotopic (exact) mass is 502 g/mol. The maximum atomic E-state index is 4.37. The van der Waals surface area contributed by atoms with Crippen LogP contribution in [0.2, 0.25) is 0 Å². The molecule has 2 heterocycles. The summed E-state index contributed by atoms with van der Waals surface area (Å²) < 4.78 is 0. The first-order valence-electron chi connectivity index (χ1n) is 8.78. The van der Waals surface area contributed by atoms with Gasteiger partial charge in [0.2, 0.25) is 0 Å². The Balaban J connectivity index is 0.00000243. The first-order chi connectivity index (χ1) is 12.3. The molecule has 2 N–H and O–H groups in total. The average molecular weight is 502 g/mol. The Morgan fingerprint density at radius 2 is 1.96 bits per heavy atom. The van der Waals surface area contributed by atoms with Crippen molar-refractivity contribution >= 4 is 58.0 Å². The van der Waals surface area contributed by atoms with Crippen molar-refractivity contribution < 1.29 is 0 Å². The lowest BCUT2D eigenvalue weighted by Gasteiger charge is -2.33.